The number of aliphatic imine (C=N–C) groups is 1. The highest BCUT2D eigenvalue weighted by Crippen LogP contribution is 2.42. The second-order valence-electron chi connectivity index (χ2n) is 7.85. The van der Waals surface area contributed by atoms with Gasteiger partial charge in [0, 0.05) is 50.4 Å². The highest BCUT2D eigenvalue weighted by Gasteiger charge is 2.38. The van der Waals surface area contributed by atoms with Crippen molar-refractivity contribution in [3.63, 3.8) is 0 Å². The minimum atomic E-state index is 0. The molecule has 1 aromatic heterocycles. The summed E-state index contributed by atoms with van der Waals surface area (Å²) in [4.78, 5) is 7.42. The van der Waals surface area contributed by atoms with Gasteiger partial charge in [-0.3, -0.25) is 0 Å². The van der Waals surface area contributed by atoms with Crippen LogP contribution in [0.15, 0.2) is 4.99 Å². The molecular weight excluding hydrogens is 499 g/mol. The van der Waals surface area contributed by atoms with E-state index in [-0.39, 0.29) is 24.0 Å². The Morgan fingerprint density at radius 3 is 2.76 bits per heavy atom. The van der Waals surface area contributed by atoms with Gasteiger partial charge in [-0.1, -0.05) is 19.3 Å². The summed E-state index contributed by atoms with van der Waals surface area (Å²) in [6.45, 7) is 9.18. The Hall–Kier alpha value is -0.550. The number of aromatic nitrogens is 3. The number of rotatable bonds is 7. The molecule has 9 heteroatoms. The lowest BCUT2D eigenvalue weighted by molar-refractivity contribution is 0.145. The number of thioether (sulfide) groups is 1. The van der Waals surface area contributed by atoms with Crippen molar-refractivity contribution in [3.8, 4) is 0 Å². The summed E-state index contributed by atoms with van der Waals surface area (Å²) in [5.74, 6) is 4.03. The molecule has 0 radical (unpaired) electrons. The fraction of sp³-hybridized carbons (Fsp3) is 0.850. The average molecular weight is 537 g/mol. The van der Waals surface area contributed by atoms with Gasteiger partial charge in [-0.05, 0) is 33.1 Å². The lowest BCUT2D eigenvalue weighted by atomic mass is 9.87. The third-order valence-corrected chi connectivity index (χ3v) is 7.35. The molecule has 0 bridgehead atoms. The van der Waals surface area contributed by atoms with Crippen molar-refractivity contribution in [2.45, 2.75) is 63.7 Å². The number of nitrogens with one attached hydrogen (secondary N) is 1. The van der Waals surface area contributed by atoms with E-state index in [4.69, 9.17) is 9.73 Å². The van der Waals surface area contributed by atoms with Crippen LogP contribution in [0.3, 0.4) is 0 Å². The Labute approximate surface area is 196 Å². The Morgan fingerprint density at radius 2 is 2.07 bits per heavy atom. The highest BCUT2D eigenvalue weighted by atomic mass is 127. The molecule has 2 heterocycles. The predicted molar refractivity (Wildman–Crippen MR) is 131 cm³/mol. The number of guanidine groups is 1. The Kier molecular flexibility index (Phi) is 10.5. The Balaban J connectivity index is 0.00000300. The zero-order valence-electron chi connectivity index (χ0n) is 18.2. The molecule has 2 fully saturated rings. The van der Waals surface area contributed by atoms with E-state index in [9.17, 15) is 0 Å². The van der Waals surface area contributed by atoms with Crippen molar-refractivity contribution in [2.75, 3.05) is 38.6 Å². The first-order chi connectivity index (χ1) is 13.6. The van der Waals surface area contributed by atoms with Crippen molar-refractivity contribution in [1.29, 1.82) is 0 Å². The highest BCUT2D eigenvalue weighted by molar-refractivity contribution is 14.0. The molecular formula is C20H37IN6OS. The minimum Gasteiger partial charge on any atom is -0.382 e. The quantitative estimate of drug-likeness (QED) is 0.250. The molecule has 1 saturated heterocycles. The Bertz CT molecular complexity index is 641. The lowest BCUT2D eigenvalue weighted by Crippen LogP contribution is -2.53. The van der Waals surface area contributed by atoms with Gasteiger partial charge in [0.15, 0.2) is 11.8 Å². The van der Waals surface area contributed by atoms with Crippen molar-refractivity contribution in [1.82, 2.24) is 25.0 Å². The molecule has 1 N–H and O–H groups in total. The molecule has 7 nitrogen and oxygen atoms in total. The minimum absolute atomic E-state index is 0. The molecule has 1 spiro atoms. The smallest absolute Gasteiger partial charge is 0.194 e. The van der Waals surface area contributed by atoms with Crippen LogP contribution in [0.25, 0.3) is 0 Å². The summed E-state index contributed by atoms with van der Waals surface area (Å²) < 4.78 is 7.92. The zero-order chi connectivity index (χ0) is 19.8. The van der Waals surface area contributed by atoms with Crippen LogP contribution >= 0.6 is 35.7 Å². The molecule has 1 saturated carbocycles. The van der Waals surface area contributed by atoms with Gasteiger partial charge in [0.05, 0.1) is 0 Å². The molecule has 3 rings (SSSR count). The van der Waals surface area contributed by atoms with Gasteiger partial charge in [0.1, 0.15) is 12.4 Å². The molecule has 0 unspecified atom stereocenters. The maximum Gasteiger partial charge on any atom is 0.194 e. The van der Waals surface area contributed by atoms with Crippen LogP contribution < -0.4 is 5.32 Å². The van der Waals surface area contributed by atoms with E-state index in [0.717, 1.165) is 56.9 Å². The topological polar surface area (TPSA) is 67.6 Å². The van der Waals surface area contributed by atoms with Crippen LogP contribution in [0.2, 0.25) is 0 Å². The van der Waals surface area contributed by atoms with E-state index in [1.807, 2.05) is 25.5 Å². The molecule has 1 aromatic rings. The molecule has 1 aliphatic heterocycles. The van der Waals surface area contributed by atoms with Crippen molar-refractivity contribution in [2.24, 2.45) is 12.0 Å². The van der Waals surface area contributed by atoms with Crippen LogP contribution in [-0.2, 0) is 18.3 Å². The molecule has 0 atom stereocenters. The largest absolute Gasteiger partial charge is 0.382 e. The maximum absolute atomic E-state index is 5.48. The fourth-order valence-electron chi connectivity index (χ4n) is 4.04. The SMILES string of the molecule is CCOCCCNC(=NCc1nnc(C)n1C)N1CCSC2(CCCCC2)C1.I. The van der Waals surface area contributed by atoms with Gasteiger partial charge in [-0.2, -0.15) is 11.8 Å². The third-order valence-electron chi connectivity index (χ3n) is 5.82. The van der Waals surface area contributed by atoms with Crippen LogP contribution in [0.4, 0.5) is 0 Å². The third kappa shape index (κ3) is 6.99. The number of nitrogens with zero attached hydrogens (tertiary/aromatic N) is 5. The summed E-state index contributed by atoms with van der Waals surface area (Å²) >= 11 is 2.19. The number of halogens is 1. The zero-order valence-corrected chi connectivity index (χ0v) is 21.3. The molecule has 166 valence electrons. The van der Waals surface area contributed by atoms with E-state index in [1.54, 1.807) is 0 Å². The standard InChI is InChI=1S/C20H36N6OS.HI/c1-4-27-13-8-11-21-19(22-15-18-24-23-17(2)25(18)3)26-12-14-28-20(16-26)9-6-5-7-10-20;/h4-16H2,1-3H3,(H,21,22);1H. The second-order valence-corrected chi connectivity index (χ2v) is 9.42. The summed E-state index contributed by atoms with van der Waals surface area (Å²) in [7, 11) is 2.00. The van der Waals surface area contributed by atoms with Crippen LogP contribution in [-0.4, -0.2) is 69.0 Å². The summed E-state index contributed by atoms with van der Waals surface area (Å²) in [5.41, 5.74) is 0. The summed E-state index contributed by atoms with van der Waals surface area (Å²) in [6.07, 6.45) is 7.80. The van der Waals surface area contributed by atoms with Crippen molar-refractivity contribution >= 4 is 41.7 Å². The number of aryl methyl sites for hydroxylation is 1. The molecule has 29 heavy (non-hydrogen) atoms. The van der Waals surface area contributed by atoms with Gasteiger partial charge in [0.25, 0.3) is 0 Å². The van der Waals surface area contributed by atoms with E-state index < -0.39 is 0 Å². The number of ether oxygens (including phenoxy) is 1. The summed E-state index contributed by atoms with van der Waals surface area (Å²) in [6, 6.07) is 0. The number of hydrogen-bond acceptors (Lipinski definition) is 5. The van der Waals surface area contributed by atoms with Crippen LogP contribution in [0, 0.1) is 6.92 Å². The second kappa shape index (κ2) is 12.3. The first-order valence-electron chi connectivity index (χ1n) is 10.7. The molecule has 1 aliphatic carbocycles. The fourth-order valence-corrected chi connectivity index (χ4v) is 5.61. The average Bonchev–Trinajstić information content (AvgIpc) is 3.03. The van der Waals surface area contributed by atoms with Crippen LogP contribution in [0.5, 0.6) is 0 Å². The monoisotopic (exact) mass is 536 g/mol. The normalized spacial score (nSPS) is 19.3. The first-order valence-corrected chi connectivity index (χ1v) is 11.7. The van der Waals surface area contributed by atoms with Gasteiger partial charge < -0.3 is 19.5 Å². The van der Waals surface area contributed by atoms with Gasteiger partial charge in [-0.25, -0.2) is 4.99 Å². The Morgan fingerprint density at radius 1 is 1.28 bits per heavy atom. The van der Waals surface area contributed by atoms with E-state index in [1.165, 1.54) is 37.9 Å². The van der Waals surface area contributed by atoms with Gasteiger partial charge >= 0.3 is 0 Å². The van der Waals surface area contributed by atoms with E-state index in [2.05, 4.69) is 32.2 Å². The van der Waals surface area contributed by atoms with Crippen LogP contribution in [0.1, 0.15) is 57.1 Å². The maximum atomic E-state index is 5.48. The molecule has 0 amide bonds. The van der Waals surface area contributed by atoms with Gasteiger partial charge in [0.2, 0.25) is 0 Å². The molecule has 0 aromatic carbocycles. The van der Waals surface area contributed by atoms with E-state index >= 15 is 0 Å². The van der Waals surface area contributed by atoms with Crippen molar-refractivity contribution < 1.29 is 4.74 Å². The predicted octanol–water partition coefficient (Wildman–Crippen LogP) is 3.37. The number of hydrogen-bond donors (Lipinski definition) is 1. The summed E-state index contributed by atoms with van der Waals surface area (Å²) in [5, 5.41) is 12.0. The lowest BCUT2D eigenvalue weighted by Gasteiger charge is -2.45. The first kappa shape index (κ1) is 24.7. The van der Waals surface area contributed by atoms with Gasteiger partial charge in [-0.15, -0.1) is 34.2 Å². The van der Waals surface area contributed by atoms with Crippen molar-refractivity contribution in [3.05, 3.63) is 11.6 Å². The molecule has 2 aliphatic rings. The van der Waals surface area contributed by atoms with E-state index in [0.29, 0.717) is 11.3 Å².